The predicted octanol–water partition coefficient (Wildman–Crippen LogP) is 2.21. The lowest BCUT2D eigenvalue weighted by atomic mass is 10.3. The third-order valence-corrected chi connectivity index (χ3v) is 1.81. The van der Waals surface area contributed by atoms with Gasteiger partial charge < -0.3 is 16.0 Å². The molecule has 78 valence electrons. The quantitative estimate of drug-likeness (QED) is 0.508. The molecule has 1 aromatic rings. The van der Waals surface area contributed by atoms with Crippen LogP contribution >= 0.6 is 0 Å². The highest BCUT2D eigenvalue weighted by Crippen LogP contribution is 2.15. The second-order valence-corrected chi connectivity index (χ2v) is 2.78. The van der Waals surface area contributed by atoms with E-state index in [1.165, 1.54) is 6.21 Å². The first-order chi connectivity index (χ1) is 7.30. The van der Waals surface area contributed by atoms with Crippen molar-refractivity contribution in [1.29, 1.82) is 5.41 Å². The molecule has 0 fully saturated rings. The Morgan fingerprint density at radius 3 is 2.53 bits per heavy atom. The second kappa shape index (κ2) is 5.54. The molecule has 5 heteroatoms. The van der Waals surface area contributed by atoms with Crippen LogP contribution in [0, 0.1) is 10.3 Å². The van der Waals surface area contributed by atoms with Gasteiger partial charge in [-0.2, -0.15) is 0 Å². The summed E-state index contributed by atoms with van der Waals surface area (Å²) in [5.41, 5.74) is 1.88. The van der Waals surface area contributed by atoms with Crippen LogP contribution in [0.3, 0.4) is 0 Å². The van der Waals surface area contributed by atoms with Crippen molar-refractivity contribution >= 4 is 17.6 Å². The Hall–Kier alpha value is -2.17. The number of hydrogen-bond donors (Lipinski definition) is 3. The van der Waals surface area contributed by atoms with Gasteiger partial charge in [-0.1, -0.05) is 0 Å². The minimum atomic E-state index is 0.394. The molecule has 0 bridgehead atoms. The van der Waals surface area contributed by atoms with Gasteiger partial charge in [-0.3, -0.25) is 0 Å². The lowest BCUT2D eigenvalue weighted by Gasteiger charge is -2.03. The van der Waals surface area contributed by atoms with E-state index in [1.807, 2.05) is 0 Å². The maximum absolute atomic E-state index is 10.2. The highest BCUT2D eigenvalue weighted by Gasteiger charge is 1.92. The van der Waals surface area contributed by atoms with Gasteiger partial charge in [-0.25, -0.2) is 0 Å². The van der Waals surface area contributed by atoms with Gasteiger partial charge in [0, 0.05) is 25.1 Å². The third-order valence-electron chi connectivity index (χ3n) is 1.81. The Labute approximate surface area is 87.7 Å². The second-order valence-electron chi connectivity index (χ2n) is 2.78. The average molecular weight is 204 g/mol. The Bertz CT molecular complexity index is 370. The SMILES string of the molecule is CN/C(C=N)=C/Nc1ccc(N=O)cc1. The maximum atomic E-state index is 10.2. The van der Waals surface area contributed by atoms with Crippen LogP contribution in [0.5, 0.6) is 0 Å². The topological polar surface area (TPSA) is 77.3 Å². The molecule has 0 atom stereocenters. The Kier molecular flexibility index (Phi) is 4.03. The van der Waals surface area contributed by atoms with Crippen molar-refractivity contribution in [3.8, 4) is 0 Å². The van der Waals surface area contributed by atoms with Crippen molar-refractivity contribution in [3.05, 3.63) is 41.1 Å². The van der Waals surface area contributed by atoms with Gasteiger partial charge in [0.25, 0.3) is 0 Å². The van der Waals surface area contributed by atoms with Gasteiger partial charge in [0.1, 0.15) is 5.69 Å². The van der Waals surface area contributed by atoms with Crippen LogP contribution in [0.4, 0.5) is 11.4 Å². The minimum absolute atomic E-state index is 0.394. The van der Waals surface area contributed by atoms with Crippen LogP contribution in [-0.4, -0.2) is 13.3 Å². The summed E-state index contributed by atoms with van der Waals surface area (Å²) in [6.45, 7) is 0. The monoisotopic (exact) mass is 204 g/mol. The Morgan fingerprint density at radius 2 is 2.07 bits per heavy atom. The highest BCUT2D eigenvalue weighted by atomic mass is 16.3. The zero-order chi connectivity index (χ0) is 11.1. The fraction of sp³-hybridized carbons (Fsp3) is 0.100. The summed E-state index contributed by atoms with van der Waals surface area (Å²) in [4.78, 5) is 10.2. The highest BCUT2D eigenvalue weighted by molar-refractivity contribution is 5.75. The van der Waals surface area contributed by atoms with Gasteiger partial charge in [0.2, 0.25) is 0 Å². The van der Waals surface area contributed by atoms with E-state index in [0.717, 1.165) is 5.69 Å². The van der Waals surface area contributed by atoms with Gasteiger partial charge in [-0.05, 0) is 29.4 Å². The molecular formula is C10H12N4O. The summed E-state index contributed by atoms with van der Waals surface area (Å²) in [6, 6.07) is 6.72. The van der Waals surface area contributed by atoms with Crippen molar-refractivity contribution in [1.82, 2.24) is 5.32 Å². The summed E-state index contributed by atoms with van der Waals surface area (Å²) in [6.07, 6.45) is 2.87. The Morgan fingerprint density at radius 1 is 1.40 bits per heavy atom. The summed E-state index contributed by atoms with van der Waals surface area (Å²) < 4.78 is 0. The number of nitroso groups, excluding NO2 is 1. The molecule has 0 spiro atoms. The van der Waals surface area contributed by atoms with E-state index in [0.29, 0.717) is 11.4 Å². The number of nitrogens with zero attached hydrogens (tertiary/aromatic N) is 1. The zero-order valence-corrected chi connectivity index (χ0v) is 8.32. The molecule has 0 amide bonds. The van der Waals surface area contributed by atoms with Gasteiger partial charge in [0.05, 0.1) is 5.70 Å². The van der Waals surface area contributed by atoms with Crippen LogP contribution in [-0.2, 0) is 0 Å². The minimum Gasteiger partial charge on any atom is -0.386 e. The molecule has 0 heterocycles. The first kappa shape index (κ1) is 10.9. The normalized spacial score (nSPS) is 10.6. The zero-order valence-electron chi connectivity index (χ0n) is 8.32. The lowest BCUT2D eigenvalue weighted by molar-refractivity contribution is 1.05. The summed E-state index contributed by atoms with van der Waals surface area (Å²) in [5, 5.41) is 15.6. The van der Waals surface area contributed by atoms with Crippen LogP contribution in [0.15, 0.2) is 41.3 Å². The number of benzene rings is 1. The molecule has 5 nitrogen and oxygen atoms in total. The fourth-order valence-corrected chi connectivity index (χ4v) is 0.966. The van der Waals surface area contributed by atoms with E-state index >= 15 is 0 Å². The number of allylic oxidation sites excluding steroid dienone is 1. The smallest absolute Gasteiger partial charge is 0.108 e. The molecule has 1 rings (SSSR count). The molecule has 0 unspecified atom stereocenters. The van der Waals surface area contributed by atoms with E-state index in [4.69, 9.17) is 5.41 Å². The van der Waals surface area contributed by atoms with Gasteiger partial charge >= 0.3 is 0 Å². The largest absolute Gasteiger partial charge is 0.386 e. The number of nitrogens with one attached hydrogen (secondary N) is 3. The molecule has 0 saturated carbocycles. The van der Waals surface area contributed by atoms with E-state index in [9.17, 15) is 4.91 Å². The summed E-state index contributed by atoms with van der Waals surface area (Å²) in [5.74, 6) is 0. The van der Waals surface area contributed by atoms with E-state index < -0.39 is 0 Å². The van der Waals surface area contributed by atoms with E-state index in [1.54, 1.807) is 37.5 Å². The molecule has 1 aromatic carbocycles. The lowest BCUT2D eigenvalue weighted by Crippen LogP contribution is -2.08. The molecule has 0 saturated heterocycles. The van der Waals surface area contributed by atoms with Crippen molar-refractivity contribution in [2.75, 3.05) is 12.4 Å². The first-order valence-corrected chi connectivity index (χ1v) is 4.38. The maximum Gasteiger partial charge on any atom is 0.108 e. The summed E-state index contributed by atoms with van der Waals surface area (Å²) in [7, 11) is 1.73. The number of rotatable bonds is 5. The number of hydrogen-bond acceptors (Lipinski definition) is 5. The van der Waals surface area contributed by atoms with Crippen LogP contribution in [0.2, 0.25) is 0 Å². The molecule has 0 aliphatic heterocycles. The third kappa shape index (κ3) is 3.22. The molecule has 0 aliphatic rings. The van der Waals surface area contributed by atoms with Crippen LogP contribution in [0.25, 0.3) is 0 Å². The van der Waals surface area contributed by atoms with Crippen molar-refractivity contribution < 1.29 is 0 Å². The predicted molar refractivity (Wildman–Crippen MR) is 61.4 cm³/mol. The molecule has 0 radical (unpaired) electrons. The van der Waals surface area contributed by atoms with Gasteiger partial charge in [-0.15, -0.1) is 4.91 Å². The first-order valence-electron chi connectivity index (χ1n) is 4.38. The van der Waals surface area contributed by atoms with Crippen LogP contribution in [0.1, 0.15) is 0 Å². The summed E-state index contributed by atoms with van der Waals surface area (Å²) >= 11 is 0. The molecular weight excluding hydrogens is 192 g/mol. The van der Waals surface area contributed by atoms with E-state index in [-0.39, 0.29) is 0 Å². The van der Waals surface area contributed by atoms with E-state index in [2.05, 4.69) is 15.8 Å². The van der Waals surface area contributed by atoms with Crippen molar-refractivity contribution in [3.63, 3.8) is 0 Å². The van der Waals surface area contributed by atoms with Crippen molar-refractivity contribution in [2.45, 2.75) is 0 Å². The average Bonchev–Trinajstić information content (AvgIpc) is 2.31. The molecule has 0 aliphatic carbocycles. The van der Waals surface area contributed by atoms with Crippen molar-refractivity contribution in [2.24, 2.45) is 5.18 Å². The standard InChI is InChI=1S/C10H12N4O/c1-12-10(6-11)7-13-8-2-4-9(14-15)5-3-8/h2-7,11-13H,1H3/b10-7+,11-6?. The van der Waals surface area contributed by atoms with Crippen LogP contribution < -0.4 is 10.6 Å². The number of anilines is 1. The van der Waals surface area contributed by atoms with Gasteiger partial charge in [0.15, 0.2) is 0 Å². The molecule has 3 N–H and O–H groups in total. The Balaban J connectivity index is 2.68. The molecule has 15 heavy (non-hydrogen) atoms. The fourth-order valence-electron chi connectivity index (χ4n) is 0.966. The molecule has 0 aromatic heterocycles.